The van der Waals surface area contributed by atoms with Crippen molar-refractivity contribution in [3.8, 4) is 0 Å². The van der Waals surface area contributed by atoms with Gasteiger partial charge in [0, 0.05) is 6.42 Å². The molecule has 0 aliphatic carbocycles. The van der Waals surface area contributed by atoms with Gasteiger partial charge in [-0.25, -0.2) is 8.78 Å². The van der Waals surface area contributed by atoms with Gasteiger partial charge in [0.15, 0.2) is 18.1 Å². The quantitative estimate of drug-likeness (QED) is 0.649. The van der Waals surface area contributed by atoms with Gasteiger partial charge in [-0.1, -0.05) is 0 Å². The molecule has 0 rings (SSSR count). The zero-order valence-electron chi connectivity index (χ0n) is 9.30. The second-order valence-corrected chi connectivity index (χ2v) is 11.6. The summed E-state index contributed by atoms with van der Waals surface area (Å²) in [6.07, 6.45) is -2.29. The van der Waals surface area contributed by atoms with Crippen molar-refractivity contribution in [2.75, 3.05) is 0 Å². The van der Waals surface area contributed by atoms with Gasteiger partial charge in [0.05, 0.1) is 0 Å². The van der Waals surface area contributed by atoms with Crippen LogP contribution in [-0.4, -0.2) is 33.8 Å². The Morgan fingerprint density at radius 3 is 1.71 bits per heavy atom. The van der Waals surface area contributed by atoms with Crippen LogP contribution >= 0.6 is 0 Å². The molecule has 0 amide bonds. The van der Waals surface area contributed by atoms with Crippen molar-refractivity contribution in [1.82, 2.24) is 0 Å². The molecule has 0 radical (unpaired) electrons. The van der Waals surface area contributed by atoms with Crippen molar-refractivity contribution in [1.29, 1.82) is 0 Å². The first-order chi connectivity index (χ1) is 6.41. The first-order valence-electron chi connectivity index (χ1n) is 5.01. The topological polar surface area (TPSA) is 18.5 Å². The van der Waals surface area contributed by atoms with E-state index in [1.807, 2.05) is 26.2 Å². The van der Waals surface area contributed by atoms with Gasteiger partial charge < -0.3 is 8.23 Å². The van der Waals surface area contributed by atoms with Crippen LogP contribution in [0.5, 0.6) is 0 Å². The van der Waals surface area contributed by atoms with Crippen molar-refractivity contribution in [2.24, 2.45) is 0 Å². The molecule has 7 heteroatoms. The smallest absolute Gasteiger partial charge is 0.300 e. The highest BCUT2D eigenvalue weighted by Crippen LogP contribution is 2.10. The highest BCUT2D eigenvalue weighted by molar-refractivity contribution is 6.67. The Kier molecular flexibility index (Phi) is 7.92. The molecule has 14 heavy (non-hydrogen) atoms. The molecular formula is C7H20F2O2Si3. The summed E-state index contributed by atoms with van der Waals surface area (Å²) in [5.74, 6) is 0. The van der Waals surface area contributed by atoms with E-state index in [2.05, 4.69) is 0 Å². The van der Waals surface area contributed by atoms with Crippen molar-refractivity contribution in [3.63, 3.8) is 0 Å². The summed E-state index contributed by atoms with van der Waals surface area (Å²) in [5.41, 5.74) is 0. The summed E-state index contributed by atoms with van der Waals surface area (Å²) in [4.78, 5) is 0. The average molecular weight is 258 g/mol. The number of hydrogen-bond donors (Lipinski definition) is 0. The molecule has 0 heterocycles. The van der Waals surface area contributed by atoms with E-state index < -0.39 is 33.8 Å². The molecule has 0 aliphatic rings. The van der Waals surface area contributed by atoms with E-state index in [1.165, 1.54) is 0 Å². The van der Waals surface area contributed by atoms with Crippen LogP contribution in [0, 0.1) is 0 Å². The average Bonchev–Trinajstić information content (AvgIpc) is 1.97. The first kappa shape index (κ1) is 14.4. The summed E-state index contributed by atoms with van der Waals surface area (Å²) in [7, 11) is -4.03. The lowest BCUT2D eigenvalue weighted by atomic mass is 10.5. The molecule has 0 atom stereocenters. The third-order valence-electron chi connectivity index (χ3n) is 1.47. The lowest BCUT2D eigenvalue weighted by Crippen LogP contribution is -2.32. The fraction of sp³-hybridized carbons (Fsp3) is 1.00. The molecule has 0 aromatic rings. The molecule has 0 N–H and O–H groups in total. The molecule has 0 fully saturated rings. The summed E-state index contributed by atoms with van der Waals surface area (Å²) in [5, 5.41) is 0. The Morgan fingerprint density at radius 2 is 1.43 bits per heavy atom. The summed E-state index contributed by atoms with van der Waals surface area (Å²) >= 11 is 0. The lowest BCUT2D eigenvalue weighted by molar-refractivity contribution is 0.141. The van der Waals surface area contributed by atoms with Crippen molar-refractivity contribution < 1.29 is 17.0 Å². The maximum absolute atomic E-state index is 12.0. The zero-order valence-corrected chi connectivity index (χ0v) is 12.8. The van der Waals surface area contributed by atoms with Crippen LogP contribution in [-0.2, 0) is 8.23 Å². The van der Waals surface area contributed by atoms with Crippen LogP contribution in [0.2, 0.25) is 32.2 Å². The molecule has 0 bridgehead atoms. The van der Waals surface area contributed by atoms with Crippen LogP contribution in [0.3, 0.4) is 0 Å². The fourth-order valence-electron chi connectivity index (χ4n) is 1.04. The first-order valence-corrected chi connectivity index (χ1v) is 12.3. The predicted molar refractivity (Wildman–Crippen MR) is 62.5 cm³/mol. The molecule has 0 saturated heterocycles. The molecule has 0 aliphatic heterocycles. The Labute approximate surface area is 89.9 Å². The fourth-order valence-corrected chi connectivity index (χ4v) is 8.34. The van der Waals surface area contributed by atoms with Gasteiger partial charge in [-0.15, -0.1) is 0 Å². The summed E-state index contributed by atoms with van der Waals surface area (Å²) in [6, 6.07) is 0.452. The van der Waals surface area contributed by atoms with Gasteiger partial charge in [0.25, 0.3) is 0 Å². The van der Waals surface area contributed by atoms with Crippen LogP contribution in [0.25, 0.3) is 0 Å². The number of alkyl halides is 2. The summed E-state index contributed by atoms with van der Waals surface area (Å²) < 4.78 is 35.3. The minimum absolute atomic E-state index is 0.0703. The Morgan fingerprint density at radius 1 is 1.00 bits per heavy atom. The molecule has 0 aromatic carbocycles. The van der Waals surface area contributed by atoms with E-state index in [0.717, 1.165) is 0 Å². The standard InChI is InChI=1S/C7H20F2O2Si3/c1-12(2)10-14(11-13(3)4)6-5-7(8)9/h7,12-14H,5-6H2,1-4H3. The SMILES string of the molecule is C[SiH](C)O[SiH](CCC(F)F)O[SiH](C)C. The van der Waals surface area contributed by atoms with Crippen LogP contribution in [0.4, 0.5) is 8.78 Å². The molecular weight excluding hydrogens is 238 g/mol. The number of rotatable bonds is 7. The third kappa shape index (κ3) is 9.00. The Balaban J connectivity index is 3.84. The molecule has 0 aromatic heterocycles. The summed E-state index contributed by atoms with van der Waals surface area (Å²) in [6.45, 7) is 8.20. The van der Waals surface area contributed by atoms with Crippen LogP contribution in [0.1, 0.15) is 6.42 Å². The van der Waals surface area contributed by atoms with Crippen LogP contribution < -0.4 is 0 Å². The Hall–Kier alpha value is 0.431. The van der Waals surface area contributed by atoms with Gasteiger partial charge in [-0.05, 0) is 32.2 Å². The monoisotopic (exact) mass is 258 g/mol. The predicted octanol–water partition coefficient (Wildman–Crippen LogP) is 1.86. The highest BCUT2D eigenvalue weighted by atomic mass is 28.4. The minimum atomic E-state index is -2.22. The largest absolute Gasteiger partial charge is 0.441 e. The van der Waals surface area contributed by atoms with Crippen molar-refractivity contribution in [2.45, 2.75) is 45.1 Å². The van der Waals surface area contributed by atoms with E-state index in [-0.39, 0.29) is 6.42 Å². The van der Waals surface area contributed by atoms with Crippen LogP contribution in [0.15, 0.2) is 0 Å². The number of halogens is 2. The second kappa shape index (κ2) is 7.69. The molecule has 0 spiro atoms. The Bertz CT molecular complexity index is 137. The maximum Gasteiger partial charge on any atom is 0.300 e. The second-order valence-electron chi connectivity index (χ2n) is 3.77. The van der Waals surface area contributed by atoms with Gasteiger partial charge in [0.2, 0.25) is 6.43 Å². The van der Waals surface area contributed by atoms with Gasteiger partial charge >= 0.3 is 9.28 Å². The van der Waals surface area contributed by atoms with E-state index >= 15 is 0 Å². The van der Waals surface area contributed by atoms with Gasteiger partial charge in [-0.3, -0.25) is 0 Å². The van der Waals surface area contributed by atoms with E-state index in [1.54, 1.807) is 0 Å². The van der Waals surface area contributed by atoms with E-state index in [4.69, 9.17) is 8.23 Å². The molecule has 2 nitrogen and oxygen atoms in total. The van der Waals surface area contributed by atoms with Gasteiger partial charge in [-0.2, -0.15) is 0 Å². The highest BCUT2D eigenvalue weighted by Gasteiger charge is 2.19. The van der Waals surface area contributed by atoms with Crippen molar-refractivity contribution in [3.05, 3.63) is 0 Å². The third-order valence-corrected chi connectivity index (χ3v) is 9.06. The van der Waals surface area contributed by atoms with Gasteiger partial charge in [0.1, 0.15) is 0 Å². The molecule has 0 saturated carbocycles. The minimum Gasteiger partial charge on any atom is -0.441 e. The number of hydrogen-bond acceptors (Lipinski definition) is 2. The lowest BCUT2D eigenvalue weighted by Gasteiger charge is -2.21. The van der Waals surface area contributed by atoms with E-state index in [0.29, 0.717) is 6.04 Å². The zero-order chi connectivity index (χ0) is 11.1. The molecule has 86 valence electrons. The van der Waals surface area contributed by atoms with E-state index in [9.17, 15) is 8.78 Å². The maximum atomic E-state index is 12.0. The van der Waals surface area contributed by atoms with Crippen molar-refractivity contribution >= 4 is 27.4 Å². The molecule has 0 unspecified atom stereocenters. The normalized spacial score (nSPS) is 12.4.